The average molecular weight is 428 g/mol. The number of anilines is 1. The summed E-state index contributed by atoms with van der Waals surface area (Å²) in [7, 11) is 0. The van der Waals surface area contributed by atoms with Crippen molar-refractivity contribution in [2.45, 2.75) is 13.5 Å². The normalized spacial score (nSPS) is 10.6. The van der Waals surface area contributed by atoms with E-state index in [9.17, 15) is 14.0 Å². The van der Waals surface area contributed by atoms with Gasteiger partial charge >= 0.3 is 0 Å². The van der Waals surface area contributed by atoms with Gasteiger partial charge < -0.3 is 10.6 Å². The van der Waals surface area contributed by atoms with Gasteiger partial charge in [-0.25, -0.2) is 9.07 Å². The van der Waals surface area contributed by atoms with Gasteiger partial charge in [0.25, 0.3) is 11.8 Å². The Hall–Kier alpha value is -4.26. The molecule has 2 amide bonds. The minimum Gasteiger partial charge on any atom is -0.348 e. The van der Waals surface area contributed by atoms with Crippen LogP contribution in [-0.4, -0.2) is 21.6 Å². The van der Waals surface area contributed by atoms with E-state index in [1.807, 2.05) is 37.3 Å². The summed E-state index contributed by atoms with van der Waals surface area (Å²) >= 11 is 0. The van der Waals surface area contributed by atoms with E-state index in [4.69, 9.17) is 0 Å². The Labute approximate surface area is 184 Å². The molecule has 3 aromatic carbocycles. The number of para-hydroxylation sites is 1. The van der Waals surface area contributed by atoms with Gasteiger partial charge in [-0.15, -0.1) is 0 Å². The molecule has 0 saturated heterocycles. The maximum atomic E-state index is 13.0. The highest BCUT2D eigenvalue weighted by atomic mass is 19.1. The lowest BCUT2D eigenvalue weighted by molar-refractivity contribution is 0.0950. The minimum atomic E-state index is -0.337. The number of rotatable bonds is 6. The van der Waals surface area contributed by atoms with Crippen molar-refractivity contribution in [1.82, 2.24) is 15.1 Å². The van der Waals surface area contributed by atoms with Crippen molar-refractivity contribution in [3.8, 4) is 5.69 Å². The largest absolute Gasteiger partial charge is 0.348 e. The molecule has 1 aromatic heterocycles. The molecule has 0 aliphatic rings. The lowest BCUT2D eigenvalue weighted by Crippen LogP contribution is -2.22. The molecule has 160 valence electrons. The van der Waals surface area contributed by atoms with Crippen LogP contribution in [0.4, 0.5) is 10.1 Å². The van der Waals surface area contributed by atoms with Gasteiger partial charge in [0.2, 0.25) is 0 Å². The predicted molar refractivity (Wildman–Crippen MR) is 120 cm³/mol. The second kappa shape index (κ2) is 9.26. The van der Waals surface area contributed by atoms with Crippen LogP contribution < -0.4 is 10.6 Å². The van der Waals surface area contributed by atoms with E-state index >= 15 is 0 Å². The summed E-state index contributed by atoms with van der Waals surface area (Å²) in [6.07, 6.45) is 0. The van der Waals surface area contributed by atoms with Gasteiger partial charge in [-0.2, -0.15) is 5.10 Å². The standard InChI is InChI=1S/C25H21FN4O2/c1-17-15-23(29-30(17)22-5-3-2-4-6-22)25(32)28-21-13-9-19(10-14-21)24(31)27-16-18-7-11-20(26)12-8-18/h2-15H,16H2,1H3,(H,27,31)(H,28,32). The van der Waals surface area contributed by atoms with E-state index < -0.39 is 0 Å². The number of aromatic nitrogens is 2. The molecule has 0 aliphatic heterocycles. The van der Waals surface area contributed by atoms with Crippen molar-refractivity contribution < 1.29 is 14.0 Å². The molecule has 7 heteroatoms. The lowest BCUT2D eigenvalue weighted by Gasteiger charge is -2.07. The third-order valence-electron chi connectivity index (χ3n) is 4.89. The molecular weight excluding hydrogens is 407 g/mol. The van der Waals surface area contributed by atoms with E-state index in [1.165, 1.54) is 12.1 Å². The number of nitrogens with one attached hydrogen (secondary N) is 2. The Morgan fingerprint density at radius 3 is 2.28 bits per heavy atom. The van der Waals surface area contributed by atoms with E-state index in [2.05, 4.69) is 15.7 Å². The molecule has 0 fully saturated rings. The number of amides is 2. The summed E-state index contributed by atoms with van der Waals surface area (Å²) in [4.78, 5) is 24.9. The van der Waals surface area contributed by atoms with Gasteiger partial charge in [0, 0.05) is 23.5 Å². The summed E-state index contributed by atoms with van der Waals surface area (Å²) in [6, 6.07) is 23.8. The van der Waals surface area contributed by atoms with Crippen LogP contribution in [0.2, 0.25) is 0 Å². The van der Waals surface area contributed by atoms with Crippen molar-refractivity contribution in [3.05, 3.63) is 113 Å². The summed E-state index contributed by atoms with van der Waals surface area (Å²) in [5, 5.41) is 9.98. The van der Waals surface area contributed by atoms with Crippen LogP contribution in [0.1, 0.15) is 32.1 Å². The minimum absolute atomic E-state index is 0.260. The van der Waals surface area contributed by atoms with Crippen LogP contribution in [0.25, 0.3) is 5.69 Å². The fourth-order valence-corrected chi connectivity index (χ4v) is 3.20. The number of hydrogen-bond donors (Lipinski definition) is 2. The van der Waals surface area contributed by atoms with E-state index in [0.717, 1.165) is 16.9 Å². The zero-order valence-corrected chi connectivity index (χ0v) is 17.4. The van der Waals surface area contributed by atoms with Crippen LogP contribution in [-0.2, 0) is 6.54 Å². The van der Waals surface area contributed by atoms with E-state index in [-0.39, 0.29) is 17.6 Å². The van der Waals surface area contributed by atoms with Crippen LogP contribution in [0.15, 0.2) is 84.9 Å². The fraction of sp³-hybridized carbons (Fsp3) is 0.0800. The molecular formula is C25H21FN4O2. The molecule has 0 aliphatic carbocycles. The predicted octanol–water partition coefficient (Wildman–Crippen LogP) is 4.50. The highest BCUT2D eigenvalue weighted by Gasteiger charge is 2.14. The van der Waals surface area contributed by atoms with E-state index in [1.54, 1.807) is 47.1 Å². The van der Waals surface area contributed by atoms with Gasteiger partial charge in [0.15, 0.2) is 5.69 Å². The molecule has 0 unspecified atom stereocenters. The van der Waals surface area contributed by atoms with Crippen molar-refractivity contribution in [2.24, 2.45) is 0 Å². The summed E-state index contributed by atoms with van der Waals surface area (Å²) in [6.45, 7) is 2.18. The van der Waals surface area contributed by atoms with Crippen molar-refractivity contribution in [1.29, 1.82) is 0 Å². The molecule has 6 nitrogen and oxygen atoms in total. The Kier molecular flexibility index (Phi) is 6.07. The molecule has 1 heterocycles. The molecule has 0 saturated carbocycles. The van der Waals surface area contributed by atoms with Crippen LogP contribution in [0.5, 0.6) is 0 Å². The molecule has 0 atom stereocenters. The molecule has 0 radical (unpaired) electrons. The van der Waals surface area contributed by atoms with Gasteiger partial charge in [-0.05, 0) is 67.1 Å². The van der Waals surface area contributed by atoms with E-state index in [0.29, 0.717) is 23.5 Å². The summed E-state index contributed by atoms with van der Waals surface area (Å²) in [5.74, 6) is -0.916. The smallest absolute Gasteiger partial charge is 0.276 e. The molecule has 32 heavy (non-hydrogen) atoms. The van der Waals surface area contributed by atoms with Gasteiger partial charge in [-0.3, -0.25) is 9.59 Å². The Balaban J connectivity index is 1.37. The third-order valence-corrected chi connectivity index (χ3v) is 4.89. The monoisotopic (exact) mass is 428 g/mol. The number of carbonyl (C=O) groups is 2. The van der Waals surface area contributed by atoms with Crippen molar-refractivity contribution in [2.75, 3.05) is 5.32 Å². The maximum Gasteiger partial charge on any atom is 0.276 e. The number of carbonyl (C=O) groups excluding carboxylic acids is 2. The Morgan fingerprint density at radius 1 is 0.906 bits per heavy atom. The number of nitrogens with zero attached hydrogens (tertiary/aromatic N) is 2. The first kappa shape index (κ1) is 21.0. The first-order valence-corrected chi connectivity index (χ1v) is 10.1. The van der Waals surface area contributed by atoms with Gasteiger partial charge in [0.05, 0.1) is 5.69 Å². The summed E-state index contributed by atoms with van der Waals surface area (Å²) < 4.78 is 14.7. The quantitative estimate of drug-likeness (QED) is 0.475. The average Bonchev–Trinajstić information content (AvgIpc) is 3.21. The van der Waals surface area contributed by atoms with Crippen molar-refractivity contribution in [3.63, 3.8) is 0 Å². The molecule has 4 aromatic rings. The van der Waals surface area contributed by atoms with Crippen LogP contribution in [0, 0.1) is 12.7 Å². The van der Waals surface area contributed by atoms with Crippen molar-refractivity contribution >= 4 is 17.5 Å². The number of halogens is 1. The Bertz CT molecular complexity index is 1230. The third kappa shape index (κ3) is 4.89. The SMILES string of the molecule is Cc1cc(C(=O)Nc2ccc(C(=O)NCc3ccc(F)cc3)cc2)nn1-c1ccccc1. The first-order chi connectivity index (χ1) is 15.5. The number of benzene rings is 3. The van der Waals surface area contributed by atoms with Crippen LogP contribution in [0.3, 0.4) is 0 Å². The number of hydrogen-bond acceptors (Lipinski definition) is 3. The highest BCUT2D eigenvalue weighted by Crippen LogP contribution is 2.15. The zero-order chi connectivity index (χ0) is 22.5. The molecule has 0 spiro atoms. The lowest BCUT2D eigenvalue weighted by atomic mass is 10.1. The Morgan fingerprint density at radius 2 is 1.59 bits per heavy atom. The summed E-state index contributed by atoms with van der Waals surface area (Å²) in [5.41, 5.74) is 3.82. The highest BCUT2D eigenvalue weighted by molar-refractivity contribution is 6.03. The number of aryl methyl sites for hydroxylation is 1. The maximum absolute atomic E-state index is 13.0. The topological polar surface area (TPSA) is 76.0 Å². The van der Waals surface area contributed by atoms with Gasteiger partial charge in [0.1, 0.15) is 5.82 Å². The van der Waals surface area contributed by atoms with Gasteiger partial charge in [-0.1, -0.05) is 30.3 Å². The van der Waals surface area contributed by atoms with Crippen LogP contribution >= 0.6 is 0 Å². The molecule has 4 rings (SSSR count). The fourth-order valence-electron chi connectivity index (χ4n) is 3.20. The molecule has 0 bridgehead atoms. The second-order valence-corrected chi connectivity index (χ2v) is 7.26. The second-order valence-electron chi connectivity index (χ2n) is 7.26. The molecule has 2 N–H and O–H groups in total. The first-order valence-electron chi connectivity index (χ1n) is 10.1. The zero-order valence-electron chi connectivity index (χ0n) is 17.4.